The van der Waals surface area contributed by atoms with Crippen molar-refractivity contribution in [2.75, 3.05) is 37.5 Å². The predicted octanol–water partition coefficient (Wildman–Crippen LogP) is 2.12. The minimum atomic E-state index is 0.0901. The molecule has 18 heavy (non-hydrogen) atoms. The third-order valence-electron chi connectivity index (χ3n) is 3.24. The number of hydrogen-bond donors (Lipinski definition) is 1. The van der Waals surface area contributed by atoms with Gasteiger partial charge in [0.1, 0.15) is 0 Å². The minimum Gasteiger partial charge on any atom is -0.381 e. The molecule has 0 radical (unpaired) electrons. The predicted molar refractivity (Wildman–Crippen MR) is 72.9 cm³/mol. The van der Waals surface area contributed by atoms with Crippen LogP contribution >= 0.6 is 0 Å². The van der Waals surface area contributed by atoms with Gasteiger partial charge in [0.05, 0.1) is 0 Å². The number of amides is 1. The van der Waals surface area contributed by atoms with Crippen LogP contribution in [-0.2, 0) is 9.53 Å². The van der Waals surface area contributed by atoms with Crippen molar-refractivity contribution >= 4 is 17.3 Å². The van der Waals surface area contributed by atoms with Crippen LogP contribution in [0.2, 0.25) is 0 Å². The van der Waals surface area contributed by atoms with Gasteiger partial charge >= 0.3 is 0 Å². The summed E-state index contributed by atoms with van der Waals surface area (Å²) in [7, 11) is 3.99. The highest BCUT2D eigenvalue weighted by Gasteiger charge is 2.21. The van der Waals surface area contributed by atoms with E-state index in [0.29, 0.717) is 13.2 Å². The normalized spacial score (nSPS) is 16.3. The van der Waals surface area contributed by atoms with Crippen molar-refractivity contribution in [1.82, 2.24) is 0 Å². The van der Waals surface area contributed by atoms with Gasteiger partial charge in [0.15, 0.2) is 0 Å². The molecule has 1 fully saturated rings. The largest absolute Gasteiger partial charge is 0.381 e. The molecule has 98 valence electrons. The van der Waals surface area contributed by atoms with Crippen molar-refractivity contribution in [2.45, 2.75) is 12.8 Å². The second-order valence-corrected chi connectivity index (χ2v) is 4.82. The number of nitrogens with zero attached hydrogens (tertiary/aromatic N) is 1. The van der Waals surface area contributed by atoms with Gasteiger partial charge in [-0.15, -0.1) is 0 Å². The molecule has 2 rings (SSSR count). The van der Waals surface area contributed by atoms with Crippen LogP contribution in [0, 0.1) is 5.92 Å². The topological polar surface area (TPSA) is 41.6 Å². The van der Waals surface area contributed by atoms with Gasteiger partial charge in [-0.2, -0.15) is 0 Å². The lowest BCUT2D eigenvalue weighted by Crippen LogP contribution is -2.28. The number of hydrogen-bond acceptors (Lipinski definition) is 3. The van der Waals surface area contributed by atoms with Crippen molar-refractivity contribution < 1.29 is 9.53 Å². The molecule has 4 heteroatoms. The first-order chi connectivity index (χ1) is 8.66. The number of nitrogens with one attached hydrogen (secondary N) is 1. The summed E-state index contributed by atoms with van der Waals surface area (Å²) in [5, 5.41) is 2.96. The highest BCUT2D eigenvalue weighted by atomic mass is 16.5. The molecule has 4 nitrogen and oxygen atoms in total. The Morgan fingerprint density at radius 3 is 2.39 bits per heavy atom. The smallest absolute Gasteiger partial charge is 0.227 e. The maximum atomic E-state index is 12.0. The summed E-state index contributed by atoms with van der Waals surface area (Å²) < 4.78 is 5.26. The lowest BCUT2D eigenvalue weighted by molar-refractivity contribution is -0.122. The van der Waals surface area contributed by atoms with Crippen LogP contribution in [0.1, 0.15) is 12.8 Å². The van der Waals surface area contributed by atoms with E-state index < -0.39 is 0 Å². The molecule has 1 saturated heterocycles. The first-order valence-electron chi connectivity index (χ1n) is 6.33. The second-order valence-electron chi connectivity index (χ2n) is 4.82. The molecule has 1 aliphatic rings. The summed E-state index contributed by atoms with van der Waals surface area (Å²) in [6.07, 6.45) is 1.64. The lowest BCUT2D eigenvalue weighted by atomic mass is 9.99. The molecule has 1 amide bonds. The SMILES string of the molecule is CN(C)c1ccc(NC(=O)C2CCOCC2)cc1. The first kappa shape index (κ1) is 12.9. The summed E-state index contributed by atoms with van der Waals surface area (Å²) in [6.45, 7) is 1.38. The lowest BCUT2D eigenvalue weighted by Gasteiger charge is -2.21. The van der Waals surface area contributed by atoms with Gasteiger partial charge in [0.25, 0.3) is 0 Å². The van der Waals surface area contributed by atoms with E-state index in [1.54, 1.807) is 0 Å². The monoisotopic (exact) mass is 248 g/mol. The van der Waals surface area contributed by atoms with E-state index in [4.69, 9.17) is 4.74 Å². The van der Waals surface area contributed by atoms with Crippen LogP contribution in [0.3, 0.4) is 0 Å². The van der Waals surface area contributed by atoms with Gasteiger partial charge < -0.3 is 15.0 Å². The summed E-state index contributed by atoms with van der Waals surface area (Å²) in [5.74, 6) is 0.197. The van der Waals surface area contributed by atoms with Gasteiger partial charge in [-0.25, -0.2) is 0 Å². The van der Waals surface area contributed by atoms with Crippen molar-refractivity contribution in [2.24, 2.45) is 5.92 Å². The van der Waals surface area contributed by atoms with Crippen LogP contribution in [0.4, 0.5) is 11.4 Å². The van der Waals surface area contributed by atoms with Crippen LogP contribution in [0.25, 0.3) is 0 Å². The third-order valence-corrected chi connectivity index (χ3v) is 3.24. The van der Waals surface area contributed by atoms with Crippen molar-refractivity contribution in [3.63, 3.8) is 0 Å². The maximum absolute atomic E-state index is 12.0. The molecule has 1 N–H and O–H groups in total. The molecule has 1 aromatic rings. The zero-order valence-electron chi connectivity index (χ0n) is 11.0. The minimum absolute atomic E-state index is 0.0901. The standard InChI is InChI=1S/C14H20N2O2/c1-16(2)13-5-3-12(4-6-13)15-14(17)11-7-9-18-10-8-11/h3-6,11H,7-10H2,1-2H3,(H,15,17). The Morgan fingerprint density at radius 2 is 1.83 bits per heavy atom. The Kier molecular flexibility index (Phi) is 4.20. The van der Waals surface area contributed by atoms with Gasteiger partial charge in [-0.3, -0.25) is 4.79 Å². The Balaban J connectivity index is 1.94. The second kappa shape index (κ2) is 5.87. The first-order valence-corrected chi connectivity index (χ1v) is 6.33. The summed E-state index contributed by atoms with van der Waals surface area (Å²) in [4.78, 5) is 14.0. The average molecular weight is 248 g/mol. The summed E-state index contributed by atoms with van der Waals surface area (Å²) >= 11 is 0. The van der Waals surface area contributed by atoms with E-state index >= 15 is 0 Å². The number of ether oxygens (including phenoxy) is 1. The molecule has 1 aromatic carbocycles. The molecule has 0 aliphatic carbocycles. The fraction of sp³-hybridized carbons (Fsp3) is 0.500. The highest BCUT2D eigenvalue weighted by molar-refractivity contribution is 5.92. The van der Waals surface area contributed by atoms with E-state index in [-0.39, 0.29) is 11.8 Å². The number of benzene rings is 1. The molecule has 0 bridgehead atoms. The Labute approximate surface area is 108 Å². The zero-order chi connectivity index (χ0) is 13.0. The van der Waals surface area contributed by atoms with Gasteiger partial charge in [0, 0.05) is 44.6 Å². The van der Waals surface area contributed by atoms with Gasteiger partial charge in [-0.1, -0.05) is 0 Å². The Bertz CT molecular complexity index is 395. The van der Waals surface area contributed by atoms with Crippen molar-refractivity contribution in [3.05, 3.63) is 24.3 Å². The van der Waals surface area contributed by atoms with Crippen LogP contribution < -0.4 is 10.2 Å². The maximum Gasteiger partial charge on any atom is 0.227 e. The van der Waals surface area contributed by atoms with Crippen LogP contribution in [0.15, 0.2) is 24.3 Å². The number of anilines is 2. The fourth-order valence-corrected chi connectivity index (χ4v) is 2.05. The van der Waals surface area contributed by atoms with E-state index in [2.05, 4.69) is 5.32 Å². The Hall–Kier alpha value is -1.55. The summed E-state index contributed by atoms with van der Waals surface area (Å²) in [6, 6.07) is 7.87. The fourth-order valence-electron chi connectivity index (χ4n) is 2.05. The quantitative estimate of drug-likeness (QED) is 0.891. The van der Waals surface area contributed by atoms with E-state index in [1.165, 1.54) is 0 Å². The molecular formula is C14H20N2O2. The summed E-state index contributed by atoms with van der Waals surface area (Å²) in [5.41, 5.74) is 1.98. The van der Waals surface area contributed by atoms with Gasteiger partial charge in [0.2, 0.25) is 5.91 Å². The van der Waals surface area contributed by atoms with Crippen molar-refractivity contribution in [1.29, 1.82) is 0 Å². The number of rotatable bonds is 3. The number of carbonyl (C=O) groups excluding carboxylic acids is 1. The zero-order valence-corrected chi connectivity index (χ0v) is 11.0. The molecule has 0 atom stereocenters. The van der Waals surface area contributed by atoms with E-state index in [1.807, 2.05) is 43.3 Å². The van der Waals surface area contributed by atoms with Crippen LogP contribution in [0.5, 0.6) is 0 Å². The Morgan fingerprint density at radius 1 is 1.22 bits per heavy atom. The number of carbonyl (C=O) groups is 1. The molecular weight excluding hydrogens is 228 g/mol. The van der Waals surface area contributed by atoms with E-state index in [0.717, 1.165) is 24.2 Å². The third kappa shape index (κ3) is 3.23. The van der Waals surface area contributed by atoms with Gasteiger partial charge in [-0.05, 0) is 37.1 Å². The van der Waals surface area contributed by atoms with Crippen LogP contribution in [-0.4, -0.2) is 33.2 Å². The molecule has 0 unspecified atom stereocenters. The molecule has 0 spiro atoms. The molecule has 0 aromatic heterocycles. The molecule has 0 saturated carbocycles. The molecule has 1 heterocycles. The van der Waals surface area contributed by atoms with Crippen molar-refractivity contribution in [3.8, 4) is 0 Å². The average Bonchev–Trinajstić information content (AvgIpc) is 2.40. The molecule has 1 aliphatic heterocycles. The highest BCUT2D eigenvalue weighted by Crippen LogP contribution is 2.19. The van der Waals surface area contributed by atoms with E-state index in [9.17, 15) is 4.79 Å².